The van der Waals surface area contributed by atoms with Crippen molar-refractivity contribution < 1.29 is 43.7 Å². The summed E-state index contributed by atoms with van der Waals surface area (Å²) < 4.78 is 38.4. The fraction of sp³-hybridized carbons (Fsp3) is 0.346. The second-order valence-electron chi connectivity index (χ2n) is 26.3. The number of β-amino-alcohol motifs (C(OH)–C–C–N with tert-alkyl or cyclic N) is 1. The van der Waals surface area contributed by atoms with E-state index in [1.807, 2.05) is 143 Å². The number of likely N-dealkylation sites (tertiary alicyclic amines) is 2. The summed E-state index contributed by atoms with van der Waals surface area (Å²) in [7, 11) is 15.5. The lowest BCUT2D eigenvalue weighted by Gasteiger charge is -2.36. The average Bonchev–Trinajstić information content (AvgIpc) is 1.80. The van der Waals surface area contributed by atoms with Crippen LogP contribution in [0.1, 0.15) is 33.1 Å². The normalized spacial score (nSPS) is 13.8. The van der Waals surface area contributed by atoms with Gasteiger partial charge >= 0.3 is 0 Å². The highest BCUT2D eigenvalue weighted by atomic mass is 16.5. The van der Waals surface area contributed by atoms with E-state index in [9.17, 15) is 15.3 Å². The van der Waals surface area contributed by atoms with Crippen LogP contribution in [0.4, 0.5) is 34.1 Å². The van der Waals surface area contributed by atoms with Crippen LogP contribution in [-0.4, -0.2) is 204 Å². The van der Waals surface area contributed by atoms with Crippen LogP contribution < -0.4 is 43.1 Å². The van der Waals surface area contributed by atoms with Crippen LogP contribution in [0.5, 0.6) is 34.5 Å². The quantitative estimate of drug-likeness (QED) is 0.0480. The van der Waals surface area contributed by atoms with Gasteiger partial charge in [0.05, 0.1) is 148 Å². The van der Waals surface area contributed by atoms with Crippen LogP contribution in [0, 0.1) is 5.92 Å². The van der Waals surface area contributed by atoms with Gasteiger partial charge in [-0.25, -0.2) is 15.0 Å². The van der Waals surface area contributed by atoms with Crippen LogP contribution in [0.3, 0.4) is 0 Å². The SMILES string of the molecule is COc1cc(OC)cc(N(CC(O)C(C)C)c2ccc3ncc(-c4cnn(C)c4)nc3c2)c1.COc1cc(OC)cc(N(CCCN2CC(O)C2)c2ccc3ncc(-c4cnn(C)c4)nc3c2)c1.COc1cc(OC)cc(N(CCN2CCC(O)CC2)c2ccc3ncc(-c4cnn(C)c4)nc3c2)c1. The van der Waals surface area contributed by atoms with Crippen molar-refractivity contribution in [3.63, 3.8) is 0 Å². The second kappa shape index (κ2) is 33.4. The van der Waals surface area contributed by atoms with Crippen molar-refractivity contribution >= 4 is 67.2 Å². The molecule has 0 radical (unpaired) electrons. The number of piperidine rings is 1. The van der Waals surface area contributed by atoms with Gasteiger partial charge in [-0.3, -0.25) is 33.9 Å². The molecule has 8 heterocycles. The lowest BCUT2D eigenvalue weighted by Crippen LogP contribution is -2.51. The van der Waals surface area contributed by atoms with Crippen molar-refractivity contribution in [3.8, 4) is 68.3 Å². The van der Waals surface area contributed by atoms with Gasteiger partial charge in [0.25, 0.3) is 0 Å². The zero-order valence-electron chi connectivity index (χ0n) is 60.8. The summed E-state index contributed by atoms with van der Waals surface area (Å²) in [4.78, 5) is 39.6. The molecule has 542 valence electrons. The molecule has 6 aromatic carbocycles. The maximum absolute atomic E-state index is 10.7. The Bertz CT molecular complexity index is 4790. The van der Waals surface area contributed by atoms with E-state index < -0.39 is 6.10 Å². The predicted molar refractivity (Wildman–Crippen MR) is 404 cm³/mol. The highest BCUT2D eigenvalue weighted by Gasteiger charge is 2.26. The molecule has 0 bridgehead atoms. The Kier molecular flexibility index (Phi) is 23.4. The number of hydrogen-bond donors (Lipinski definition) is 3. The molecule has 12 aromatic rings. The van der Waals surface area contributed by atoms with Crippen molar-refractivity contribution in [2.24, 2.45) is 27.1 Å². The monoisotopic (exact) mass is 1410 g/mol. The average molecular weight is 1410 g/mol. The number of benzene rings is 6. The molecule has 0 amide bonds. The molecular formula is C78H91N17O9. The summed E-state index contributed by atoms with van der Waals surface area (Å²) >= 11 is 0. The van der Waals surface area contributed by atoms with Gasteiger partial charge < -0.3 is 63.3 Å². The number of fused-ring (bicyclic) bond motifs is 3. The third-order valence-corrected chi connectivity index (χ3v) is 18.6. The van der Waals surface area contributed by atoms with Crippen molar-refractivity contribution in [2.45, 2.75) is 51.4 Å². The fourth-order valence-corrected chi connectivity index (χ4v) is 12.6. The Balaban J connectivity index is 0.000000147. The van der Waals surface area contributed by atoms with Gasteiger partial charge in [0.15, 0.2) is 0 Å². The van der Waals surface area contributed by atoms with Crippen LogP contribution in [-0.2, 0) is 21.1 Å². The number of nitrogens with zero attached hydrogens (tertiary/aromatic N) is 17. The van der Waals surface area contributed by atoms with Crippen LogP contribution >= 0.6 is 0 Å². The van der Waals surface area contributed by atoms with Gasteiger partial charge in [-0.2, -0.15) is 15.3 Å². The molecule has 2 saturated heterocycles. The van der Waals surface area contributed by atoms with Crippen LogP contribution in [0.15, 0.2) is 165 Å². The second-order valence-corrected chi connectivity index (χ2v) is 26.3. The van der Waals surface area contributed by atoms with Crippen LogP contribution in [0.2, 0.25) is 0 Å². The minimum Gasteiger partial charge on any atom is -0.497 e. The van der Waals surface area contributed by atoms with E-state index in [4.69, 9.17) is 43.4 Å². The molecule has 0 aliphatic carbocycles. The molecule has 1 atom stereocenters. The molecule has 0 spiro atoms. The smallest absolute Gasteiger partial charge is 0.124 e. The first kappa shape index (κ1) is 72.7. The minimum absolute atomic E-state index is 0.0948. The van der Waals surface area contributed by atoms with Crippen molar-refractivity contribution in [3.05, 3.63) is 165 Å². The van der Waals surface area contributed by atoms with Gasteiger partial charge in [-0.1, -0.05) is 13.8 Å². The van der Waals surface area contributed by atoms with E-state index in [1.165, 1.54) is 0 Å². The molecule has 104 heavy (non-hydrogen) atoms. The fourth-order valence-electron chi connectivity index (χ4n) is 12.6. The van der Waals surface area contributed by atoms with Crippen molar-refractivity contribution in [1.29, 1.82) is 0 Å². The largest absolute Gasteiger partial charge is 0.497 e. The molecule has 2 aliphatic heterocycles. The van der Waals surface area contributed by atoms with Crippen molar-refractivity contribution in [1.82, 2.24) is 69.0 Å². The van der Waals surface area contributed by atoms with Gasteiger partial charge in [0.2, 0.25) is 0 Å². The molecule has 0 saturated carbocycles. The third kappa shape index (κ3) is 17.9. The number of aromatic nitrogens is 12. The van der Waals surface area contributed by atoms with E-state index in [0.29, 0.717) is 18.0 Å². The summed E-state index contributed by atoms with van der Waals surface area (Å²) in [5.41, 5.74) is 15.6. The molecule has 26 heteroatoms. The minimum atomic E-state index is -0.536. The first-order valence-electron chi connectivity index (χ1n) is 34.7. The summed E-state index contributed by atoms with van der Waals surface area (Å²) in [6.07, 6.45) is 18.1. The zero-order valence-corrected chi connectivity index (χ0v) is 60.8. The number of rotatable bonds is 25. The number of aliphatic hydroxyl groups excluding tert-OH is 3. The van der Waals surface area contributed by atoms with E-state index in [0.717, 1.165) is 196 Å². The molecule has 1 unspecified atom stereocenters. The summed E-state index contributed by atoms with van der Waals surface area (Å²) in [6.45, 7) is 11.0. The maximum atomic E-state index is 10.7. The molecule has 6 aromatic heterocycles. The van der Waals surface area contributed by atoms with Gasteiger partial charge in [0.1, 0.15) is 34.5 Å². The first-order chi connectivity index (χ1) is 50.4. The molecule has 3 N–H and O–H groups in total. The van der Waals surface area contributed by atoms with Gasteiger partial charge in [-0.15, -0.1) is 0 Å². The summed E-state index contributed by atoms with van der Waals surface area (Å²) in [5.74, 6) is 4.37. The molecule has 2 aliphatic rings. The van der Waals surface area contributed by atoms with E-state index in [-0.39, 0.29) is 18.1 Å². The molecule has 14 rings (SSSR count). The Morgan fingerprint density at radius 1 is 0.413 bits per heavy atom. The van der Waals surface area contributed by atoms with Gasteiger partial charge in [-0.05, 0) is 79.8 Å². The highest BCUT2D eigenvalue weighted by Crippen LogP contribution is 2.39. The van der Waals surface area contributed by atoms with Gasteiger partial charge in [0, 0.05) is 204 Å². The summed E-state index contributed by atoms with van der Waals surface area (Å²) in [5, 5.41) is 43.0. The Labute approximate surface area is 605 Å². The molecular weight excluding hydrogens is 1320 g/mol. The number of anilines is 6. The molecule has 26 nitrogen and oxygen atoms in total. The Morgan fingerprint density at radius 2 is 0.769 bits per heavy atom. The first-order valence-corrected chi connectivity index (χ1v) is 34.7. The topological polar surface area (TPSA) is 263 Å². The highest BCUT2D eigenvalue weighted by molar-refractivity contribution is 5.86. The zero-order chi connectivity index (χ0) is 73.0. The number of aliphatic hydroxyl groups is 3. The third-order valence-electron chi connectivity index (χ3n) is 18.6. The van der Waals surface area contributed by atoms with Crippen LogP contribution in [0.25, 0.3) is 66.9 Å². The molecule has 2 fully saturated rings. The Morgan fingerprint density at radius 3 is 1.11 bits per heavy atom. The number of hydrogen-bond acceptors (Lipinski definition) is 23. The summed E-state index contributed by atoms with van der Waals surface area (Å²) in [6, 6.07) is 35.7. The number of aryl methyl sites for hydroxylation is 3. The Hall–Kier alpha value is -11.0. The lowest BCUT2D eigenvalue weighted by molar-refractivity contribution is 0.00218. The number of methoxy groups -OCH3 is 6. The van der Waals surface area contributed by atoms with E-state index in [2.05, 4.69) is 74.1 Å². The lowest BCUT2D eigenvalue weighted by atomic mass is 10.1. The van der Waals surface area contributed by atoms with Crippen molar-refractivity contribution in [2.75, 3.05) is 116 Å². The maximum Gasteiger partial charge on any atom is 0.124 e. The van der Waals surface area contributed by atoms with E-state index >= 15 is 0 Å². The standard InChI is InChI=1S/C27H32N6O3.C26H30N6O3.C25H29N5O3/c1-31-18-19(16-29-31)27-17-28-25-5-4-20(14-26(25)30-27)33(11-10-32-8-6-22(34)7-9-32)21-12-23(35-2)15-24(13-21)36-3;1-30-15-18(13-28-30)26-14-27-24-6-5-19(11-25(24)29-26)32(8-4-7-31-16-21(33)17-31)20-9-22(34-2)12-23(10-20)35-3;1-16(2)25(31)15-30(19-8-20(32-4)11-21(9-19)33-5)18-6-7-22-23(10-18)28-24(13-26-22)17-12-27-29(3)14-17/h4-5,12-18,22,34H,6-11H2,1-3H3;5-6,9-15,21,33H,4,7-8,16-17H2,1-3H3;6-14,16,25,31H,15H2,1-5H3. The predicted octanol–water partition coefficient (Wildman–Crippen LogP) is 11.1. The number of ether oxygens (including phenoxy) is 6. The van der Waals surface area contributed by atoms with E-state index in [1.54, 1.807) is 93.9 Å².